The first-order valence-electron chi connectivity index (χ1n) is 8.99. The number of morpholine rings is 1. The van der Waals surface area contributed by atoms with Crippen molar-refractivity contribution in [1.82, 2.24) is 9.80 Å². The van der Waals surface area contributed by atoms with Gasteiger partial charge in [-0.05, 0) is 33.6 Å². The second kappa shape index (κ2) is 9.34. The lowest BCUT2D eigenvalue weighted by atomic mass is 10.0. The van der Waals surface area contributed by atoms with E-state index < -0.39 is 18.0 Å². The summed E-state index contributed by atoms with van der Waals surface area (Å²) in [5.74, 6) is -1.01. The number of rotatable bonds is 6. The van der Waals surface area contributed by atoms with Crippen molar-refractivity contribution in [1.29, 1.82) is 0 Å². The number of carbonyl (C=O) groups is 2. The zero-order valence-electron chi connectivity index (χ0n) is 15.0. The second-order valence-electron chi connectivity index (χ2n) is 6.35. The lowest BCUT2D eigenvalue weighted by Gasteiger charge is -2.42. The van der Waals surface area contributed by atoms with E-state index in [2.05, 4.69) is 11.8 Å². The topological polar surface area (TPSA) is 68.3 Å². The van der Waals surface area contributed by atoms with Crippen molar-refractivity contribution in [2.75, 3.05) is 46.0 Å². The molecule has 24 heavy (non-hydrogen) atoms. The maximum Gasteiger partial charge on any atom is 0.335 e. The number of ether oxygens (including phenoxy) is 3. The molecule has 0 aromatic carbocycles. The van der Waals surface area contributed by atoms with Crippen LogP contribution >= 0.6 is 0 Å². The Labute approximate surface area is 144 Å². The highest BCUT2D eigenvalue weighted by Crippen LogP contribution is 2.21. The molecular weight excluding hydrogens is 312 g/mol. The molecule has 0 aromatic heterocycles. The van der Waals surface area contributed by atoms with Gasteiger partial charge in [0.15, 0.2) is 0 Å². The highest BCUT2D eigenvalue weighted by molar-refractivity contribution is 5.99. The molecular formula is C17H30N2O5. The van der Waals surface area contributed by atoms with Crippen LogP contribution in [0.4, 0.5) is 0 Å². The minimum Gasteiger partial charge on any atom is -0.464 e. The smallest absolute Gasteiger partial charge is 0.335 e. The quantitative estimate of drug-likeness (QED) is 0.519. The summed E-state index contributed by atoms with van der Waals surface area (Å²) in [5, 5.41) is 0. The lowest BCUT2D eigenvalue weighted by molar-refractivity contribution is -0.164. The van der Waals surface area contributed by atoms with E-state index in [0.29, 0.717) is 19.1 Å². The van der Waals surface area contributed by atoms with Crippen LogP contribution in [-0.2, 0) is 23.8 Å². The third-order valence-corrected chi connectivity index (χ3v) is 4.67. The van der Waals surface area contributed by atoms with Gasteiger partial charge in [0.1, 0.15) is 0 Å². The molecule has 0 bridgehead atoms. The fraction of sp³-hybridized carbons (Fsp3) is 0.882. The van der Waals surface area contributed by atoms with E-state index in [1.165, 1.54) is 0 Å². The van der Waals surface area contributed by atoms with Gasteiger partial charge in [-0.3, -0.25) is 9.80 Å². The van der Waals surface area contributed by atoms with Crippen molar-refractivity contribution in [2.45, 2.75) is 51.8 Å². The number of carbonyl (C=O) groups excluding carboxylic acids is 2. The fourth-order valence-corrected chi connectivity index (χ4v) is 3.52. The van der Waals surface area contributed by atoms with Gasteiger partial charge in [0, 0.05) is 32.2 Å². The summed E-state index contributed by atoms with van der Waals surface area (Å²) >= 11 is 0. The first-order valence-corrected chi connectivity index (χ1v) is 8.99. The molecule has 1 atom stereocenters. The Balaban J connectivity index is 1.93. The van der Waals surface area contributed by atoms with Crippen LogP contribution in [-0.4, -0.2) is 85.9 Å². The average Bonchev–Trinajstić information content (AvgIpc) is 2.56. The number of nitrogens with zero attached hydrogens (tertiary/aromatic N) is 2. The van der Waals surface area contributed by atoms with Gasteiger partial charge in [0.25, 0.3) is 0 Å². The second-order valence-corrected chi connectivity index (χ2v) is 6.35. The summed E-state index contributed by atoms with van der Waals surface area (Å²) in [4.78, 5) is 28.8. The largest absolute Gasteiger partial charge is 0.464 e. The number of hydrogen-bond acceptors (Lipinski definition) is 7. The molecule has 138 valence electrons. The molecule has 0 saturated carbocycles. The van der Waals surface area contributed by atoms with Crippen LogP contribution in [0.2, 0.25) is 0 Å². The Kier molecular flexibility index (Phi) is 7.45. The Morgan fingerprint density at radius 1 is 1.08 bits per heavy atom. The maximum atomic E-state index is 12.2. The van der Waals surface area contributed by atoms with Crippen LogP contribution < -0.4 is 0 Å². The van der Waals surface area contributed by atoms with Crippen LogP contribution in [0.25, 0.3) is 0 Å². The van der Waals surface area contributed by atoms with Gasteiger partial charge < -0.3 is 14.2 Å². The molecule has 2 aliphatic heterocycles. The van der Waals surface area contributed by atoms with Crippen LogP contribution in [0.15, 0.2) is 0 Å². The molecule has 0 N–H and O–H groups in total. The van der Waals surface area contributed by atoms with E-state index in [4.69, 9.17) is 14.2 Å². The molecule has 0 aromatic rings. The molecule has 0 aliphatic carbocycles. The van der Waals surface area contributed by atoms with Gasteiger partial charge >= 0.3 is 11.9 Å². The Morgan fingerprint density at radius 3 is 2.17 bits per heavy atom. The summed E-state index contributed by atoms with van der Waals surface area (Å²) in [6.07, 6.45) is 2.13. The zero-order chi connectivity index (χ0) is 17.5. The van der Waals surface area contributed by atoms with Crippen molar-refractivity contribution in [3.05, 3.63) is 0 Å². The van der Waals surface area contributed by atoms with Gasteiger partial charge in [-0.25, -0.2) is 9.59 Å². The summed E-state index contributed by atoms with van der Waals surface area (Å²) in [7, 11) is 0. The molecule has 0 unspecified atom stereocenters. The summed E-state index contributed by atoms with van der Waals surface area (Å²) in [6, 6.07) is -0.452. The van der Waals surface area contributed by atoms with Gasteiger partial charge in [-0.1, -0.05) is 0 Å². The van der Waals surface area contributed by atoms with Crippen LogP contribution in [0, 0.1) is 0 Å². The molecule has 2 saturated heterocycles. The van der Waals surface area contributed by atoms with Crippen LogP contribution in [0.3, 0.4) is 0 Å². The normalized spacial score (nSPS) is 24.1. The summed E-state index contributed by atoms with van der Waals surface area (Å²) < 4.78 is 15.7. The molecule has 0 radical (unpaired) electrons. The molecule has 7 nitrogen and oxygen atoms in total. The third kappa shape index (κ3) is 4.91. The predicted molar refractivity (Wildman–Crippen MR) is 88.6 cm³/mol. The van der Waals surface area contributed by atoms with E-state index in [-0.39, 0.29) is 19.3 Å². The molecule has 2 rings (SSSR count). The zero-order valence-corrected chi connectivity index (χ0v) is 15.0. The lowest BCUT2D eigenvalue weighted by Crippen LogP contribution is -2.56. The molecule has 0 spiro atoms. The van der Waals surface area contributed by atoms with Gasteiger partial charge in [-0.2, -0.15) is 0 Å². The molecule has 7 heteroatoms. The van der Waals surface area contributed by atoms with Gasteiger partial charge in [0.2, 0.25) is 6.04 Å². The van der Waals surface area contributed by atoms with Crippen LogP contribution in [0.1, 0.15) is 33.6 Å². The van der Waals surface area contributed by atoms with E-state index in [9.17, 15) is 9.59 Å². The summed E-state index contributed by atoms with van der Waals surface area (Å²) in [5.41, 5.74) is 0. The molecule has 2 fully saturated rings. The molecule has 2 heterocycles. The number of likely N-dealkylation sites (tertiary alicyclic amines) is 1. The van der Waals surface area contributed by atoms with E-state index in [1.54, 1.807) is 13.8 Å². The van der Waals surface area contributed by atoms with E-state index in [1.807, 2.05) is 4.90 Å². The minimum absolute atomic E-state index is 0.261. The number of piperidine rings is 1. The Morgan fingerprint density at radius 2 is 1.67 bits per heavy atom. The van der Waals surface area contributed by atoms with Crippen molar-refractivity contribution in [3.63, 3.8) is 0 Å². The Hall–Kier alpha value is -1.18. The predicted octanol–water partition coefficient (Wildman–Crippen LogP) is 0.666. The molecule has 2 aliphatic rings. The first kappa shape index (κ1) is 19.1. The maximum absolute atomic E-state index is 12.2. The summed E-state index contributed by atoms with van der Waals surface area (Å²) in [6.45, 7) is 10.2. The first-order chi connectivity index (χ1) is 11.6. The Bertz CT molecular complexity index is 405. The van der Waals surface area contributed by atoms with Gasteiger partial charge in [0.05, 0.1) is 25.9 Å². The minimum atomic E-state index is -0.936. The van der Waals surface area contributed by atoms with E-state index in [0.717, 1.165) is 32.5 Å². The third-order valence-electron chi connectivity index (χ3n) is 4.67. The van der Waals surface area contributed by atoms with Crippen molar-refractivity contribution in [2.24, 2.45) is 0 Å². The highest BCUT2D eigenvalue weighted by atomic mass is 16.6. The highest BCUT2D eigenvalue weighted by Gasteiger charge is 2.38. The van der Waals surface area contributed by atoms with Crippen molar-refractivity contribution < 1.29 is 23.8 Å². The monoisotopic (exact) mass is 342 g/mol. The van der Waals surface area contributed by atoms with Crippen LogP contribution in [0.5, 0.6) is 0 Å². The fourth-order valence-electron chi connectivity index (χ4n) is 3.52. The van der Waals surface area contributed by atoms with Gasteiger partial charge in [-0.15, -0.1) is 0 Å². The average molecular weight is 342 g/mol. The number of hydrogen-bond donors (Lipinski definition) is 0. The SMILES string of the molecule is CCOC(=O)C(C(=O)OCC)N1CCC(N2CCO[C@H](C)C2)CC1. The van der Waals surface area contributed by atoms with Crippen molar-refractivity contribution >= 4 is 11.9 Å². The van der Waals surface area contributed by atoms with E-state index >= 15 is 0 Å². The standard InChI is InChI=1S/C17H30N2O5/c1-4-22-16(20)15(17(21)23-5-2)18-8-6-14(7-9-18)19-10-11-24-13(3)12-19/h13-15H,4-12H2,1-3H3/t13-/m1/s1. The molecule has 0 amide bonds. The van der Waals surface area contributed by atoms with Crippen molar-refractivity contribution in [3.8, 4) is 0 Å². The number of esters is 2.